The van der Waals surface area contributed by atoms with Gasteiger partial charge in [-0.3, -0.25) is 0 Å². The van der Waals surface area contributed by atoms with Gasteiger partial charge in [-0.05, 0) is 0 Å². The maximum Gasteiger partial charge on any atom is 1.00 e. The minimum atomic E-state index is -4.64. The molecular weight excluding hydrogens is 158 g/mol. The van der Waals surface area contributed by atoms with Gasteiger partial charge in [-0.25, -0.2) is 11.2 Å². The van der Waals surface area contributed by atoms with Crippen molar-refractivity contribution in [2.75, 3.05) is 0 Å². The standard InChI is InChI=1S/C2H5O.Na.H3O4P/c1-2-3;;1-5(2,3)4/h2-3H,1H3;;(H3,1,2,3,4)/q-1;+1;. The van der Waals surface area contributed by atoms with Gasteiger partial charge in [0.05, 0.1) is 0 Å². The van der Waals surface area contributed by atoms with Crippen molar-refractivity contribution in [1.82, 2.24) is 0 Å². The first-order valence-corrected chi connectivity index (χ1v) is 3.18. The molecule has 0 aromatic rings. The van der Waals surface area contributed by atoms with Crippen LogP contribution in [0.4, 0.5) is 0 Å². The molecule has 52 valence electrons. The van der Waals surface area contributed by atoms with Crippen LogP contribution < -0.4 is 29.6 Å². The van der Waals surface area contributed by atoms with Gasteiger partial charge in [0.2, 0.25) is 0 Å². The Kier molecular flexibility index (Phi) is 16.7. The van der Waals surface area contributed by atoms with Crippen molar-refractivity contribution in [3.63, 3.8) is 0 Å². The van der Waals surface area contributed by atoms with Crippen molar-refractivity contribution < 1.29 is 53.9 Å². The molecule has 0 saturated carbocycles. The van der Waals surface area contributed by atoms with Crippen molar-refractivity contribution in [1.29, 1.82) is 0 Å². The van der Waals surface area contributed by atoms with Gasteiger partial charge in [0.15, 0.2) is 0 Å². The summed E-state index contributed by atoms with van der Waals surface area (Å²) in [6.45, 7) is 2.56. The smallest absolute Gasteiger partial charge is 0.566 e. The molecule has 0 heterocycles. The maximum atomic E-state index is 8.88. The van der Waals surface area contributed by atoms with Gasteiger partial charge in [0, 0.05) is 0 Å². The third kappa shape index (κ3) is 396. The second-order valence-electron chi connectivity index (χ2n) is 0.771. The fourth-order valence-electron chi connectivity index (χ4n) is 0. The summed E-state index contributed by atoms with van der Waals surface area (Å²) in [5.74, 6) is 0. The van der Waals surface area contributed by atoms with Crippen LogP contribution in [0.5, 0.6) is 0 Å². The van der Waals surface area contributed by atoms with Crippen molar-refractivity contribution in [2.45, 2.75) is 6.92 Å². The summed E-state index contributed by atoms with van der Waals surface area (Å²) in [6, 6.07) is 0. The molecule has 4 N–H and O–H groups in total. The third-order valence-corrected chi connectivity index (χ3v) is 0. The van der Waals surface area contributed by atoms with Crippen molar-refractivity contribution in [3.05, 3.63) is 6.61 Å². The zero-order chi connectivity index (χ0) is 7.21. The maximum absolute atomic E-state index is 8.88. The molecule has 0 unspecified atom stereocenters. The van der Waals surface area contributed by atoms with Crippen LogP contribution in [0.25, 0.3) is 0 Å². The molecule has 0 radical (unpaired) electrons. The first kappa shape index (κ1) is 16.6. The molecule has 0 aliphatic heterocycles. The van der Waals surface area contributed by atoms with E-state index in [1.807, 2.05) is 0 Å². The van der Waals surface area contributed by atoms with E-state index in [0.29, 0.717) is 0 Å². The minimum absolute atomic E-state index is 0. The molecule has 0 amide bonds. The molecule has 9 heavy (non-hydrogen) atoms. The number of phosphoric acid groups is 1. The summed E-state index contributed by atoms with van der Waals surface area (Å²) in [5.41, 5.74) is 0. The van der Waals surface area contributed by atoms with Gasteiger partial charge >= 0.3 is 37.4 Å². The van der Waals surface area contributed by atoms with Crippen LogP contribution in [-0.4, -0.2) is 19.8 Å². The van der Waals surface area contributed by atoms with Crippen molar-refractivity contribution in [2.24, 2.45) is 0 Å². The van der Waals surface area contributed by atoms with Crippen LogP contribution in [-0.2, 0) is 4.57 Å². The molecule has 0 bridgehead atoms. The quantitative estimate of drug-likeness (QED) is 0.171. The monoisotopic (exact) mass is 166 g/mol. The van der Waals surface area contributed by atoms with Crippen LogP contribution in [0, 0.1) is 6.61 Å². The summed E-state index contributed by atoms with van der Waals surface area (Å²) in [7, 11) is -4.64. The number of hydrogen-bond donors (Lipinski definition) is 4. The first-order valence-electron chi connectivity index (χ1n) is 1.62. The van der Waals surface area contributed by atoms with Gasteiger partial charge in [0.25, 0.3) is 0 Å². The van der Waals surface area contributed by atoms with E-state index in [0.717, 1.165) is 6.61 Å². The third-order valence-electron chi connectivity index (χ3n) is 0. The zero-order valence-corrected chi connectivity index (χ0v) is 8.12. The Hall–Kier alpha value is 1.07. The van der Waals surface area contributed by atoms with Gasteiger partial charge in [0.1, 0.15) is 0 Å². The molecule has 0 fully saturated rings. The average Bonchev–Trinajstić information content (AvgIpc) is 1.27. The molecule has 0 aromatic carbocycles. The molecule has 0 saturated heterocycles. The van der Waals surface area contributed by atoms with E-state index < -0.39 is 7.82 Å². The minimum Gasteiger partial charge on any atom is -0.566 e. The molecule has 0 spiro atoms. The van der Waals surface area contributed by atoms with E-state index in [4.69, 9.17) is 24.4 Å². The Morgan fingerprint density at radius 3 is 1.33 bits per heavy atom. The fourth-order valence-corrected chi connectivity index (χ4v) is 0. The van der Waals surface area contributed by atoms with Gasteiger partial charge in [-0.15, -0.1) is 0 Å². The van der Waals surface area contributed by atoms with E-state index in [1.54, 1.807) is 6.92 Å². The molecule has 0 aliphatic carbocycles. The Morgan fingerprint density at radius 1 is 1.33 bits per heavy atom. The average molecular weight is 166 g/mol. The molecule has 0 atom stereocenters. The Labute approximate surface area is 75.2 Å². The molecular formula is C2H8NaO5P. The Morgan fingerprint density at radius 2 is 1.33 bits per heavy atom. The largest absolute Gasteiger partial charge is 1.00 e. The second kappa shape index (κ2) is 9.07. The van der Waals surface area contributed by atoms with Gasteiger partial charge in [-0.2, -0.15) is 6.92 Å². The van der Waals surface area contributed by atoms with E-state index in [2.05, 4.69) is 0 Å². The first-order chi connectivity index (χ1) is 3.41. The Balaban J connectivity index is -0.0000000800. The van der Waals surface area contributed by atoms with Crippen LogP contribution in [0.2, 0.25) is 0 Å². The normalized spacial score (nSPS) is 8.56. The SMILES string of the molecule is C[CH-]O.O=P(O)(O)O.[Na+]. The molecule has 0 aromatic heterocycles. The summed E-state index contributed by atoms with van der Waals surface area (Å²) in [5, 5.41) is 7.44. The summed E-state index contributed by atoms with van der Waals surface area (Å²) < 4.78 is 8.88. The summed E-state index contributed by atoms with van der Waals surface area (Å²) in [6.07, 6.45) is 0. The summed E-state index contributed by atoms with van der Waals surface area (Å²) >= 11 is 0. The fraction of sp³-hybridized carbons (Fsp3) is 0.500. The van der Waals surface area contributed by atoms with Gasteiger partial charge < -0.3 is 19.8 Å². The molecule has 5 nitrogen and oxygen atoms in total. The van der Waals surface area contributed by atoms with E-state index in [9.17, 15) is 0 Å². The second-order valence-corrected chi connectivity index (χ2v) is 1.80. The topological polar surface area (TPSA) is 98.0 Å². The van der Waals surface area contributed by atoms with E-state index in [1.165, 1.54) is 0 Å². The predicted molar refractivity (Wildman–Crippen MR) is 26.2 cm³/mol. The summed E-state index contributed by atoms with van der Waals surface area (Å²) in [4.78, 5) is 21.6. The predicted octanol–water partition coefficient (Wildman–Crippen LogP) is -3.38. The molecule has 7 heteroatoms. The molecule has 0 aliphatic rings. The number of aliphatic hydroxyl groups excluding tert-OH is 1. The van der Waals surface area contributed by atoms with Gasteiger partial charge in [-0.1, -0.05) is 0 Å². The van der Waals surface area contributed by atoms with Crippen molar-refractivity contribution in [3.8, 4) is 0 Å². The van der Waals surface area contributed by atoms with E-state index >= 15 is 0 Å². The van der Waals surface area contributed by atoms with E-state index in [-0.39, 0.29) is 29.6 Å². The Bertz CT molecular complexity index is 70.8. The van der Waals surface area contributed by atoms with Crippen LogP contribution >= 0.6 is 7.82 Å². The number of hydrogen-bond acceptors (Lipinski definition) is 2. The van der Waals surface area contributed by atoms with Crippen LogP contribution in [0.15, 0.2) is 0 Å². The zero-order valence-electron chi connectivity index (χ0n) is 5.22. The number of aliphatic hydroxyl groups is 1. The van der Waals surface area contributed by atoms with Crippen LogP contribution in [0.1, 0.15) is 6.92 Å². The number of rotatable bonds is 0. The van der Waals surface area contributed by atoms with Crippen molar-refractivity contribution >= 4 is 7.82 Å². The van der Waals surface area contributed by atoms with Crippen LogP contribution in [0.3, 0.4) is 0 Å². The molecule has 0 rings (SSSR count).